The van der Waals surface area contributed by atoms with Crippen molar-refractivity contribution in [3.05, 3.63) is 11.8 Å². The lowest BCUT2D eigenvalue weighted by Gasteiger charge is -2.08. The minimum Gasteiger partial charge on any atom is -0.504 e. The Morgan fingerprint density at radius 3 is 1.26 bits per heavy atom. The van der Waals surface area contributed by atoms with Gasteiger partial charge in [-0.3, -0.25) is 0 Å². The third-order valence-electron chi connectivity index (χ3n) is 4.74. The third kappa shape index (κ3) is 17.7. The minimum absolute atomic E-state index is 1.25. The molecular weight excluding hydrogens is 280 g/mol. The second-order valence-electron chi connectivity index (χ2n) is 7.11. The SMILES string of the molecule is CCCCCCCCCCCCC(=COC)CCCCCCC. The molecule has 0 aromatic heterocycles. The molecule has 0 fully saturated rings. The second kappa shape index (κ2) is 19.6. The molecule has 0 aliphatic rings. The molecule has 0 saturated carbocycles. The summed E-state index contributed by atoms with van der Waals surface area (Å²) in [4.78, 5) is 0. The van der Waals surface area contributed by atoms with Crippen LogP contribution in [0.2, 0.25) is 0 Å². The zero-order chi connectivity index (χ0) is 17.0. The summed E-state index contributed by atoms with van der Waals surface area (Å²) in [6.45, 7) is 4.57. The van der Waals surface area contributed by atoms with Crippen molar-refractivity contribution in [3.63, 3.8) is 0 Å². The van der Waals surface area contributed by atoms with Crippen molar-refractivity contribution in [1.82, 2.24) is 0 Å². The molecule has 0 aromatic carbocycles. The van der Waals surface area contributed by atoms with E-state index in [4.69, 9.17) is 4.74 Å². The summed E-state index contributed by atoms with van der Waals surface area (Å²) < 4.78 is 5.26. The van der Waals surface area contributed by atoms with Gasteiger partial charge in [0.2, 0.25) is 0 Å². The number of rotatable bonds is 18. The summed E-state index contributed by atoms with van der Waals surface area (Å²) in [5, 5.41) is 0. The first-order chi connectivity index (χ1) is 11.3. The molecule has 0 saturated heterocycles. The van der Waals surface area contributed by atoms with Crippen LogP contribution in [0.25, 0.3) is 0 Å². The zero-order valence-electron chi connectivity index (χ0n) is 16.5. The number of methoxy groups -OCH3 is 1. The molecule has 1 nitrogen and oxygen atoms in total. The number of unbranched alkanes of at least 4 members (excludes halogenated alkanes) is 13. The summed E-state index contributed by atoms with van der Waals surface area (Å²) in [7, 11) is 1.79. The highest BCUT2D eigenvalue weighted by molar-refractivity contribution is 4.97. The molecule has 1 heteroatoms. The average Bonchev–Trinajstić information content (AvgIpc) is 2.56. The predicted molar refractivity (Wildman–Crippen MR) is 105 cm³/mol. The average molecular weight is 325 g/mol. The predicted octanol–water partition coefficient (Wildman–Crippen LogP) is 8.19. The van der Waals surface area contributed by atoms with Gasteiger partial charge in [-0.25, -0.2) is 0 Å². The molecule has 0 bridgehead atoms. The first kappa shape index (κ1) is 22.5. The third-order valence-corrected chi connectivity index (χ3v) is 4.74. The van der Waals surface area contributed by atoms with Gasteiger partial charge < -0.3 is 4.74 Å². The molecule has 0 aliphatic carbocycles. The van der Waals surface area contributed by atoms with Gasteiger partial charge in [0.05, 0.1) is 13.4 Å². The van der Waals surface area contributed by atoms with Gasteiger partial charge in [0, 0.05) is 0 Å². The second-order valence-corrected chi connectivity index (χ2v) is 7.11. The Kier molecular flexibility index (Phi) is 19.2. The van der Waals surface area contributed by atoms with E-state index in [1.165, 1.54) is 115 Å². The van der Waals surface area contributed by atoms with Crippen LogP contribution in [-0.4, -0.2) is 7.11 Å². The molecule has 0 unspecified atom stereocenters. The lowest BCUT2D eigenvalue weighted by molar-refractivity contribution is 0.330. The lowest BCUT2D eigenvalue weighted by atomic mass is 10.0. The van der Waals surface area contributed by atoms with Gasteiger partial charge in [-0.15, -0.1) is 0 Å². The van der Waals surface area contributed by atoms with Crippen molar-refractivity contribution < 1.29 is 4.74 Å². The van der Waals surface area contributed by atoms with Crippen molar-refractivity contribution in [1.29, 1.82) is 0 Å². The molecule has 0 spiro atoms. The number of ether oxygens (including phenoxy) is 1. The summed E-state index contributed by atoms with van der Waals surface area (Å²) in [6, 6.07) is 0. The van der Waals surface area contributed by atoms with Crippen molar-refractivity contribution in [2.24, 2.45) is 0 Å². The van der Waals surface area contributed by atoms with Crippen LogP contribution in [0.1, 0.15) is 123 Å². The van der Waals surface area contributed by atoms with E-state index in [0.717, 1.165) is 0 Å². The Bertz CT molecular complexity index is 244. The maximum Gasteiger partial charge on any atom is 0.0816 e. The van der Waals surface area contributed by atoms with Crippen LogP contribution in [0.5, 0.6) is 0 Å². The van der Waals surface area contributed by atoms with Crippen LogP contribution in [-0.2, 0) is 4.74 Å². The maximum atomic E-state index is 5.26. The Hall–Kier alpha value is -0.460. The van der Waals surface area contributed by atoms with Crippen molar-refractivity contribution in [2.45, 2.75) is 123 Å². The Balaban J connectivity index is 3.45. The van der Waals surface area contributed by atoms with E-state index in [9.17, 15) is 0 Å². The van der Waals surface area contributed by atoms with Crippen LogP contribution in [0.3, 0.4) is 0 Å². The van der Waals surface area contributed by atoms with E-state index >= 15 is 0 Å². The first-order valence-electron chi connectivity index (χ1n) is 10.6. The highest BCUT2D eigenvalue weighted by Crippen LogP contribution is 2.18. The first-order valence-corrected chi connectivity index (χ1v) is 10.6. The zero-order valence-corrected chi connectivity index (χ0v) is 16.5. The van der Waals surface area contributed by atoms with Gasteiger partial charge in [0.1, 0.15) is 0 Å². The van der Waals surface area contributed by atoms with Gasteiger partial charge in [-0.05, 0) is 31.3 Å². The highest BCUT2D eigenvalue weighted by atomic mass is 16.5. The summed E-state index contributed by atoms with van der Waals surface area (Å²) in [5.74, 6) is 0. The standard InChI is InChI=1S/C22H44O/c1-4-6-8-10-11-12-13-14-16-18-20-22(21-23-3)19-17-15-9-7-5-2/h21H,4-20H2,1-3H3. The molecule has 0 radical (unpaired) electrons. The molecule has 0 atom stereocenters. The van der Waals surface area contributed by atoms with Gasteiger partial charge in [0.15, 0.2) is 0 Å². The summed E-state index contributed by atoms with van der Waals surface area (Å²) >= 11 is 0. The van der Waals surface area contributed by atoms with Crippen LogP contribution in [0.15, 0.2) is 11.8 Å². The lowest BCUT2D eigenvalue weighted by Crippen LogP contribution is -1.89. The maximum absolute atomic E-state index is 5.26. The molecule has 0 aliphatic heterocycles. The van der Waals surface area contributed by atoms with E-state index in [0.29, 0.717) is 0 Å². The normalized spacial score (nSPS) is 11.9. The monoisotopic (exact) mass is 324 g/mol. The number of hydrogen-bond acceptors (Lipinski definition) is 1. The molecule has 0 heterocycles. The van der Waals surface area contributed by atoms with Crippen LogP contribution in [0, 0.1) is 0 Å². The van der Waals surface area contributed by atoms with Gasteiger partial charge in [-0.1, -0.05) is 97.3 Å². The molecule has 0 aromatic rings. The fourth-order valence-corrected chi connectivity index (χ4v) is 3.20. The topological polar surface area (TPSA) is 9.23 Å². The number of hydrogen-bond donors (Lipinski definition) is 0. The molecule has 0 N–H and O–H groups in total. The van der Waals surface area contributed by atoms with Crippen LogP contribution >= 0.6 is 0 Å². The summed E-state index contributed by atoms with van der Waals surface area (Å²) in [5.41, 5.74) is 1.53. The molecule has 0 amide bonds. The van der Waals surface area contributed by atoms with E-state index in [1.807, 2.05) is 6.26 Å². The molecular formula is C22H44O. The van der Waals surface area contributed by atoms with E-state index < -0.39 is 0 Å². The van der Waals surface area contributed by atoms with E-state index in [1.54, 1.807) is 7.11 Å². The molecule has 0 rings (SSSR count). The van der Waals surface area contributed by atoms with E-state index in [2.05, 4.69) is 13.8 Å². The van der Waals surface area contributed by atoms with Crippen molar-refractivity contribution in [2.75, 3.05) is 7.11 Å². The fourth-order valence-electron chi connectivity index (χ4n) is 3.20. The van der Waals surface area contributed by atoms with Gasteiger partial charge in [0.25, 0.3) is 0 Å². The highest BCUT2D eigenvalue weighted by Gasteiger charge is 2.00. The smallest absolute Gasteiger partial charge is 0.0816 e. The molecule has 23 heavy (non-hydrogen) atoms. The minimum atomic E-state index is 1.25. The van der Waals surface area contributed by atoms with Crippen LogP contribution < -0.4 is 0 Å². The summed E-state index contributed by atoms with van der Waals surface area (Å²) in [6.07, 6.45) is 25.5. The number of allylic oxidation sites excluding steroid dienone is 1. The Morgan fingerprint density at radius 2 is 0.913 bits per heavy atom. The van der Waals surface area contributed by atoms with Crippen molar-refractivity contribution in [3.8, 4) is 0 Å². The quantitative estimate of drug-likeness (QED) is 0.182. The van der Waals surface area contributed by atoms with E-state index in [-0.39, 0.29) is 0 Å². The van der Waals surface area contributed by atoms with Crippen molar-refractivity contribution >= 4 is 0 Å². The van der Waals surface area contributed by atoms with Crippen LogP contribution in [0.4, 0.5) is 0 Å². The Morgan fingerprint density at radius 1 is 0.565 bits per heavy atom. The Labute approximate surface area is 147 Å². The fraction of sp³-hybridized carbons (Fsp3) is 0.909. The molecule has 138 valence electrons. The largest absolute Gasteiger partial charge is 0.504 e. The van der Waals surface area contributed by atoms with Gasteiger partial charge in [-0.2, -0.15) is 0 Å². The van der Waals surface area contributed by atoms with Gasteiger partial charge >= 0.3 is 0 Å².